The van der Waals surface area contributed by atoms with Crippen molar-refractivity contribution in [3.05, 3.63) is 0 Å². The third-order valence-corrected chi connectivity index (χ3v) is 8.64. The zero-order chi connectivity index (χ0) is 19.7. The van der Waals surface area contributed by atoms with Gasteiger partial charge in [0.05, 0.1) is 0 Å². The van der Waals surface area contributed by atoms with E-state index < -0.39 is 0 Å². The Hall–Kier alpha value is -1.72. The van der Waals surface area contributed by atoms with Crippen LogP contribution in [0.2, 0.25) is 0 Å². The lowest BCUT2D eigenvalue weighted by molar-refractivity contribution is -0.187. The van der Waals surface area contributed by atoms with E-state index in [0.717, 1.165) is 25.7 Å². The van der Waals surface area contributed by atoms with Crippen LogP contribution in [0.3, 0.4) is 0 Å². The highest BCUT2D eigenvalue weighted by Gasteiger charge is 2.63. The highest BCUT2D eigenvalue weighted by atomic mass is 16.2. The van der Waals surface area contributed by atoms with Crippen LogP contribution in [0.25, 0.3) is 0 Å². The van der Waals surface area contributed by atoms with Crippen molar-refractivity contribution in [1.29, 1.82) is 0 Å². The Morgan fingerprint density at radius 2 is 1.00 bits per heavy atom. The van der Waals surface area contributed by atoms with Gasteiger partial charge in [-0.05, 0) is 69.1 Å². The minimum Gasteiger partial charge on any atom is -0.285 e. The summed E-state index contributed by atoms with van der Waals surface area (Å²) < 4.78 is 0. The van der Waals surface area contributed by atoms with Gasteiger partial charge in [0.1, 0.15) is 0 Å². The van der Waals surface area contributed by atoms with Gasteiger partial charge in [-0.15, -0.1) is 0 Å². The number of hydrogen-bond acceptors (Lipinski definition) is 4. The maximum absolute atomic E-state index is 13.5. The standard InChI is InChI=1S/C22H30N2O4/c1-11-3-5-12(6-4-11)24-21(27)15-9-7-13-17-14(20(26)23(2)19(13)25)8-10-16(18(15)17)22(24)28/h11-18H,3-10H2,1-2H3. The van der Waals surface area contributed by atoms with E-state index in [1.165, 1.54) is 4.90 Å². The van der Waals surface area contributed by atoms with Gasteiger partial charge >= 0.3 is 0 Å². The van der Waals surface area contributed by atoms with E-state index in [1.54, 1.807) is 11.9 Å². The maximum Gasteiger partial charge on any atom is 0.232 e. The molecule has 0 spiro atoms. The first-order valence-corrected chi connectivity index (χ1v) is 11.1. The molecule has 0 aromatic rings. The summed E-state index contributed by atoms with van der Waals surface area (Å²) in [6.45, 7) is 2.24. The summed E-state index contributed by atoms with van der Waals surface area (Å²) in [7, 11) is 1.59. The van der Waals surface area contributed by atoms with Crippen LogP contribution >= 0.6 is 0 Å². The Balaban J connectivity index is 1.48. The molecule has 0 bridgehead atoms. The van der Waals surface area contributed by atoms with E-state index in [4.69, 9.17) is 0 Å². The first kappa shape index (κ1) is 18.3. The van der Waals surface area contributed by atoms with Crippen LogP contribution in [-0.2, 0) is 19.2 Å². The maximum atomic E-state index is 13.5. The molecule has 4 unspecified atom stereocenters. The van der Waals surface area contributed by atoms with Gasteiger partial charge in [-0.3, -0.25) is 29.0 Å². The van der Waals surface area contributed by atoms with Crippen LogP contribution in [0.1, 0.15) is 58.3 Å². The van der Waals surface area contributed by atoms with Crippen molar-refractivity contribution in [1.82, 2.24) is 9.80 Å². The molecular formula is C22H30N2O4. The summed E-state index contributed by atoms with van der Waals surface area (Å²) in [6, 6.07) is 0.0494. The first-order valence-electron chi connectivity index (χ1n) is 11.1. The minimum absolute atomic E-state index is 0.0104. The molecule has 3 aliphatic carbocycles. The molecule has 0 aromatic carbocycles. The van der Waals surface area contributed by atoms with E-state index in [0.29, 0.717) is 31.6 Å². The number of nitrogens with zero attached hydrogens (tertiary/aromatic N) is 2. The van der Waals surface area contributed by atoms with Crippen molar-refractivity contribution in [2.75, 3.05) is 7.05 Å². The molecule has 2 saturated heterocycles. The van der Waals surface area contributed by atoms with Gasteiger partial charge in [0, 0.05) is 36.8 Å². The fourth-order valence-electron chi connectivity index (χ4n) is 7.21. The Kier molecular flexibility index (Phi) is 4.18. The molecule has 0 aromatic heterocycles. The minimum atomic E-state index is -0.195. The summed E-state index contributed by atoms with van der Waals surface area (Å²) in [5.41, 5.74) is 0. The van der Waals surface area contributed by atoms with E-state index in [2.05, 4.69) is 6.92 Å². The molecule has 152 valence electrons. The number of likely N-dealkylation sites (tertiary alicyclic amines) is 2. The largest absolute Gasteiger partial charge is 0.285 e. The highest BCUT2D eigenvalue weighted by molar-refractivity contribution is 6.04. The number of piperidine rings is 2. The van der Waals surface area contributed by atoms with Crippen LogP contribution < -0.4 is 0 Å². The van der Waals surface area contributed by atoms with Crippen molar-refractivity contribution < 1.29 is 19.2 Å². The Labute approximate surface area is 166 Å². The second kappa shape index (κ2) is 6.39. The highest BCUT2D eigenvalue weighted by Crippen LogP contribution is 2.57. The summed E-state index contributed by atoms with van der Waals surface area (Å²) in [6.07, 6.45) is 6.66. The number of amides is 4. The van der Waals surface area contributed by atoms with Crippen LogP contribution in [-0.4, -0.2) is 46.5 Å². The van der Waals surface area contributed by atoms with E-state index >= 15 is 0 Å². The first-order chi connectivity index (χ1) is 13.4. The predicted octanol–water partition coefficient (Wildman–Crippen LogP) is 2.22. The molecule has 6 heteroatoms. The second-order valence-corrected chi connectivity index (χ2v) is 9.93. The molecule has 0 radical (unpaired) electrons. The van der Waals surface area contributed by atoms with Crippen molar-refractivity contribution in [2.45, 2.75) is 64.3 Å². The topological polar surface area (TPSA) is 74.8 Å². The lowest BCUT2D eigenvalue weighted by Crippen LogP contribution is -2.67. The van der Waals surface area contributed by atoms with E-state index in [9.17, 15) is 19.2 Å². The molecule has 5 aliphatic rings. The Morgan fingerprint density at radius 3 is 1.43 bits per heavy atom. The third kappa shape index (κ3) is 2.38. The fourth-order valence-corrected chi connectivity index (χ4v) is 7.21. The molecule has 0 N–H and O–H groups in total. The summed E-state index contributed by atoms with van der Waals surface area (Å²) >= 11 is 0. The van der Waals surface area contributed by atoms with E-state index in [1.807, 2.05) is 0 Å². The quantitative estimate of drug-likeness (QED) is 0.648. The van der Waals surface area contributed by atoms with Gasteiger partial charge in [-0.25, -0.2) is 0 Å². The van der Waals surface area contributed by atoms with Crippen LogP contribution in [0.4, 0.5) is 0 Å². The third-order valence-electron chi connectivity index (χ3n) is 8.64. The van der Waals surface area contributed by atoms with Gasteiger partial charge < -0.3 is 0 Å². The molecule has 3 saturated carbocycles. The zero-order valence-corrected chi connectivity index (χ0v) is 16.8. The molecule has 5 fully saturated rings. The number of carbonyl (C=O) groups is 4. The predicted molar refractivity (Wildman–Crippen MR) is 100 cm³/mol. The van der Waals surface area contributed by atoms with Crippen LogP contribution in [0.5, 0.6) is 0 Å². The average molecular weight is 386 g/mol. The van der Waals surface area contributed by atoms with Gasteiger partial charge in [-0.1, -0.05) is 6.92 Å². The average Bonchev–Trinajstić information content (AvgIpc) is 2.70. The SMILES string of the molecule is CC1CCC(N2C(=O)C3CCC4C(=O)N(C)C(=O)C5CCC(C2=O)C3C45)CC1. The molecule has 5 rings (SSSR count). The molecule has 6 nitrogen and oxygen atoms in total. The number of rotatable bonds is 1. The fraction of sp³-hybridized carbons (Fsp3) is 0.818. The van der Waals surface area contributed by atoms with Crippen LogP contribution in [0.15, 0.2) is 0 Å². The molecule has 4 atom stereocenters. The van der Waals surface area contributed by atoms with Crippen molar-refractivity contribution >= 4 is 23.6 Å². The lowest BCUT2D eigenvalue weighted by atomic mass is 9.50. The normalized spacial score (nSPS) is 45.9. The lowest BCUT2D eigenvalue weighted by Gasteiger charge is -2.57. The summed E-state index contributed by atoms with van der Waals surface area (Å²) in [5, 5.41) is 0. The monoisotopic (exact) mass is 386 g/mol. The van der Waals surface area contributed by atoms with Gasteiger partial charge in [0.15, 0.2) is 0 Å². The Morgan fingerprint density at radius 1 is 0.607 bits per heavy atom. The van der Waals surface area contributed by atoms with Crippen molar-refractivity contribution in [3.8, 4) is 0 Å². The number of carbonyl (C=O) groups excluding carboxylic acids is 4. The smallest absolute Gasteiger partial charge is 0.232 e. The van der Waals surface area contributed by atoms with E-state index in [-0.39, 0.29) is 65.2 Å². The number of hydrogen-bond donors (Lipinski definition) is 0. The Bertz CT molecular complexity index is 693. The summed E-state index contributed by atoms with van der Waals surface area (Å²) in [4.78, 5) is 55.3. The molecule has 2 heterocycles. The molecule has 28 heavy (non-hydrogen) atoms. The summed E-state index contributed by atoms with van der Waals surface area (Å²) in [5.74, 6) is -0.548. The molecular weight excluding hydrogens is 356 g/mol. The zero-order valence-electron chi connectivity index (χ0n) is 16.8. The van der Waals surface area contributed by atoms with Gasteiger partial charge in [-0.2, -0.15) is 0 Å². The van der Waals surface area contributed by atoms with Gasteiger partial charge in [0.25, 0.3) is 0 Å². The second-order valence-electron chi connectivity index (χ2n) is 9.93. The van der Waals surface area contributed by atoms with Crippen molar-refractivity contribution in [2.24, 2.45) is 41.4 Å². The number of imide groups is 2. The molecule has 2 aliphatic heterocycles. The van der Waals surface area contributed by atoms with Crippen molar-refractivity contribution in [3.63, 3.8) is 0 Å². The van der Waals surface area contributed by atoms with Gasteiger partial charge in [0.2, 0.25) is 23.6 Å². The molecule has 4 amide bonds. The van der Waals surface area contributed by atoms with Crippen LogP contribution in [0, 0.1) is 41.4 Å².